The van der Waals surface area contributed by atoms with Gasteiger partial charge in [0.15, 0.2) is 0 Å². The second-order valence-electron chi connectivity index (χ2n) is 7.65. The van der Waals surface area contributed by atoms with Crippen LogP contribution >= 0.6 is 11.6 Å². The molecule has 2 aromatic rings. The summed E-state index contributed by atoms with van der Waals surface area (Å²) in [7, 11) is -3.72. The predicted octanol–water partition coefficient (Wildman–Crippen LogP) is 4.62. The molecule has 0 aliphatic carbocycles. The summed E-state index contributed by atoms with van der Waals surface area (Å²) in [6, 6.07) is 10.3. The van der Waals surface area contributed by atoms with Crippen molar-refractivity contribution >= 4 is 27.5 Å². The summed E-state index contributed by atoms with van der Waals surface area (Å²) in [4.78, 5) is 12.8. The Kier molecular flexibility index (Phi) is 6.66. The summed E-state index contributed by atoms with van der Waals surface area (Å²) in [5.41, 5.74) is 3.62. The molecular formula is C22H27ClN2O3S. The molecule has 1 aliphatic heterocycles. The maximum Gasteiger partial charge on any atom is 0.251 e. The van der Waals surface area contributed by atoms with E-state index in [-0.39, 0.29) is 27.4 Å². The van der Waals surface area contributed by atoms with E-state index in [2.05, 4.69) is 5.32 Å². The topological polar surface area (TPSA) is 66.5 Å². The van der Waals surface area contributed by atoms with Crippen molar-refractivity contribution in [2.75, 3.05) is 13.1 Å². The van der Waals surface area contributed by atoms with Gasteiger partial charge in [0.1, 0.15) is 4.90 Å². The number of halogens is 1. The van der Waals surface area contributed by atoms with Crippen LogP contribution in [0.5, 0.6) is 0 Å². The van der Waals surface area contributed by atoms with Crippen LogP contribution in [0, 0.1) is 13.8 Å². The van der Waals surface area contributed by atoms with E-state index in [0.717, 1.165) is 30.4 Å². The number of aryl methyl sites for hydroxylation is 2. The first-order valence-corrected chi connectivity index (χ1v) is 11.7. The molecule has 1 heterocycles. The van der Waals surface area contributed by atoms with E-state index in [0.29, 0.717) is 13.1 Å². The first kappa shape index (κ1) is 21.8. The molecule has 29 heavy (non-hydrogen) atoms. The fourth-order valence-electron chi connectivity index (χ4n) is 3.48. The Morgan fingerprint density at radius 3 is 2.38 bits per heavy atom. The third kappa shape index (κ3) is 4.82. The molecule has 7 heteroatoms. The third-order valence-electron chi connectivity index (χ3n) is 5.50. The second kappa shape index (κ2) is 8.86. The Bertz CT molecular complexity index is 1010. The molecule has 1 unspecified atom stereocenters. The Hall–Kier alpha value is -1.89. The molecule has 1 saturated heterocycles. The van der Waals surface area contributed by atoms with Crippen molar-refractivity contribution in [3.8, 4) is 0 Å². The highest BCUT2D eigenvalue weighted by molar-refractivity contribution is 7.89. The largest absolute Gasteiger partial charge is 0.346 e. The average Bonchev–Trinajstić information content (AvgIpc) is 2.70. The van der Waals surface area contributed by atoms with E-state index >= 15 is 0 Å². The van der Waals surface area contributed by atoms with Gasteiger partial charge in [-0.2, -0.15) is 4.31 Å². The van der Waals surface area contributed by atoms with Crippen molar-refractivity contribution in [2.24, 2.45) is 0 Å². The summed E-state index contributed by atoms with van der Waals surface area (Å²) >= 11 is 6.20. The monoisotopic (exact) mass is 434 g/mol. The Morgan fingerprint density at radius 2 is 1.72 bits per heavy atom. The molecule has 1 aliphatic rings. The van der Waals surface area contributed by atoms with E-state index in [4.69, 9.17) is 11.6 Å². The van der Waals surface area contributed by atoms with Crippen LogP contribution in [0.15, 0.2) is 41.3 Å². The van der Waals surface area contributed by atoms with Gasteiger partial charge in [-0.3, -0.25) is 4.79 Å². The predicted molar refractivity (Wildman–Crippen MR) is 116 cm³/mol. The maximum absolute atomic E-state index is 13.0. The van der Waals surface area contributed by atoms with Gasteiger partial charge in [0, 0.05) is 18.7 Å². The van der Waals surface area contributed by atoms with Gasteiger partial charge in [-0.15, -0.1) is 0 Å². The van der Waals surface area contributed by atoms with Gasteiger partial charge < -0.3 is 5.32 Å². The van der Waals surface area contributed by atoms with E-state index in [1.807, 2.05) is 39.0 Å². The second-order valence-corrected chi connectivity index (χ2v) is 9.96. The van der Waals surface area contributed by atoms with Crippen LogP contribution < -0.4 is 5.32 Å². The third-order valence-corrected chi connectivity index (χ3v) is 7.89. The van der Waals surface area contributed by atoms with Crippen molar-refractivity contribution in [2.45, 2.75) is 51.0 Å². The van der Waals surface area contributed by atoms with Crippen molar-refractivity contribution in [3.63, 3.8) is 0 Å². The number of hydrogen-bond acceptors (Lipinski definition) is 3. The normalized spacial score (nSPS) is 16.4. The number of nitrogens with one attached hydrogen (secondary N) is 1. The lowest BCUT2D eigenvalue weighted by Crippen LogP contribution is -2.36. The highest BCUT2D eigenvalue weighted by Crippen LogP contribution is 2.28. The summed E-state index contributed by atoms with van der Waals surface area (Å²) in [6.45, 7) is 6.95. The smallest absolute Gasteiger partial charge is 0.251 e. The standard InChI is InChI=1S/C22H27ClN2O3S/c1-15-7-8-18(13-16(15)2)17(3)24-22(26)19-9-10-20(23)21(14-19)29(27,28)25-11-5-4-6-12-25/h7-10,13-14,17H,4-6,11-12H2,1-3H3,(H,24,26). The van der Waals surface area contributed by atoms with Crippen LogP contribution in [0.1, 0.15) is 59.3 Å². The van der Waals surface area contributed by atoms with Crippen molar-refractivity contribution in [3.05, 3.63) is 63.7 Å². The molecule has 1 N–H and O–H groups in total. The summed E-state index contributed by atoms with van der Waals surface area (Å²) < 4.78 is 27.5. The van der Waals surface area contributed by atoms with E-state index in [1.165, 1.54) is 22.0 Å². The fraction of sp³-hybridized carbons (Fsp3) is 0.409. The SMILES string of the molecule is Cc1ccc(C(C)NC(=O)c2ccc(Cl)c(S(=O)(=O)N3CCCCC3)c2)cc1C. The number of nitrogens with zero attached hydrogens (tertiary/aromatic N) is 1. The highest BCUT2D eigenvalue weighted by atomic mass is 35.5. The zero-order chi connectivity index (χ0) is 21.2. The molecule has 156 valence electrons. The molecule has 0 radical (unpaired) electrons. The molecular weight excluding hydrogens is 408 g/mol. The van der Waals surface area contributed by atoms with Gasteiger partial charge in [-0.05, 0) is 68.5 Å². The summed E-state index contributed by atoms with van der Waals surface area (Å²) in [5, 5.41) is 3.08. The number of amides is 1. The van der Waals surface area contributed by atoms with Crippen molar-refractivity contribution < 1.29 is 13.2 Å². The van der Waals surface area contributed by atoms with Crippen LogP contribution in [-0.4, -0.2) is 31.7 Å². The molecule has 0 spiro atoms. The lowest BCUT2D eigenvalue weighted by Gasteiger charge is -2.26. The van der Waals surface area contributed by atoms with Gasteiger partial charge in [-0.1, -0.05) is 36.2 Å². The zero-order valence-corrected chi connectivity index (χ0v) is 18.6. The quantitative estimate of drug-likeness (QED) is 0.746. The van der Waals surface area contributed by atoms with Gasteiger partial charge in [0.25, 0.3) is 5.91 Å². The first-order valence-electron chi connectivity index (χ1n) is 9.88. The molecule has 2 aromatic carbocycles. The van der Waals surface area contributed by atoms with Crippen LogP contribution in [0.3, 0.4) is 0 Å². The van der Waals surface area contributed by atoms with Gasteiger partial charge >= 0.3 is 0 Å². The minimum absolute atomic E-state index is 0.00690. The molecule has 5 nitrogen and oxygen atoms in total. The van der Waals surface area contributed by atoms with Crippen molar-refractivity contribution in [1.82, 2.24) is 9.62 Å². The first-order chi connectivity index (χ1) is 13.7. The van der Waals surface area contributed by atoms with Crippen LogP contribution in [0.4, 0.5) is 0 Å². The lowest BCUT2D eigenvalue weighted by atomic mass is 10.0. The Morgan fingerprint density at radius 1 is 1.03 bits per heavy atom. The molecule has 0 aromatic heterocycles. The molecule has 1 atom stereocenters. The van der Waals surface area contributed by atoms with Gasteiger partial charge in [0.2, 0.25) is 10.0 Å². The highest BCUT2D eigenvalue weighted by Gasteiger charge is 2.29. The van der Waals surface area contributed by atoms with E-state index in [9.17, 15) is 13.2 Å². The van der Waals surface area contributed by atoms with Gasteiger partial charge in [-0.25, -0.2) is 8.42 Å². The number of benzene rings is 2. The summed E-state index contributed by atoms with van der Waals surface area (Å²) in [6.07, 6.45) is 2.70. The molecule has 1 fully saturated rings. The zero-order valence-electron chi connectivity index (χ0n) is 17.0. The molecule has 0 bridgehead atoms. The Balaban J connectivity index is 1.82. The van der Waals surface area contributed by atoms with Gasteiger partial charge in [0.05, 0.1) is 11.1 Å². The fourth-order valence-corrected chi connectivity index (χ4v) is 5.50. The van der Waals surface area contributed by atoms with E-state index in [1.54, 1.807) is 6.07 Å². The van der Waals surface area contributed by atoms with Crippen LogP contribution in [0.2, 0.25) is 5.02 Å². The van der Waals surface area contributed by atoms with Crippen LogP contribution in [-0.2, 0) is 10.0 Å². The Labute approximate surface area is 178 Å². The number of hydrogen-bond donors (Lipinski definition) is 1. The minimum atomic E-state index is -3.72. The minimum Gasteiger partial charge on any atom is -0.346 e. The van der Waals surface area contributed by atoms with Crippen LogP contribution in [0.25, 0.3) is 0 Å². The molecule has 3 rings (SSSR count). The number of rotatable bonds is 5. The number of carbonyl (C=O) groups excluding carboxylic acids is 1. The summed E-state index contributed by atoms with van der Waals surface area (Å²) in [5.74, 6) is -0.331. The maximum atomic E-state index is 13.0. The van der Waals surface area contributed by atoms with Crippen molar-refractivity contribution in [1.29, 1.82) is 0 Å². The number of carbonyl (C=O) groups is 1. The molecule has 0 saturated carbocycles. The number of piperidine rings is 1. The number of sulfonamides is 1. The lowest BCUT2D eigenvalue weighted by molar-refractivity contribution is 0.0939. The van der Waals surface area contributed by atoms with E-state index < -0.39 is 10.0 Å². The average molecular weight is 435 g/mol. The molecule has 1 amide bonds.